The third kappa shape index (κ3) is 2.83. The van der Waals surface area contributed by atoms with Crippen molar-refractivity contribution in [2.24, 2.45) is 5.92 Å². The highest BCUT2D eigenvalue weighted by atomic mass is 16.5. The Morgan fingerprint density at radius 2 is 2.16 bits per heavy atom. The molecule has 1 aliphatic rings. The van der Waals surface area contributed by atoms with Crippen LogP contribution in [0.5, 0.6) is 11.5 Å². The molecule has 0 saturated carbocycles. The summed E-state index contributed by atoms with van der Waals surface area (Å²) in [7, 11) is 3.31. The average molecular weight is 263 g/mol. The van der Waals surface area contributed by atoms with Crippen LogP contribution in [-0.4, -0.2) is 33.1 Å². The van der Waals surface area contributed by atoms with Gasteiger partial charge in [0.15, 0.2) is 0 Å². The van der Waals surface area contributed by atoms with Crippen molar-refractivity contribution in [1.82, 2.24) is 0 Å². The summed E-state index contributed by atoms with van der Waals surface area (Å²) in [5, 5.41) is 0. The van der Waals surface area contributed by atoms with E-state index in [0.717, 1.165) is 36.7 Å². The summed E-state index contributed by atoms with van der Waals surface area (Å²) >= 11 is 0. The second-order valence-electron chi connectivity index (χ2n) is 4.79. The Balaban J connectivity index is 2.20. The topological polar surface area (TPSA) is 38.8 Å². The van der Waals surface area contributed by atoms with Crippen molar-refractivity contribution in [3.05, 3.63) is 18.2 Å². The molecule has 0 radical (unpaired) electrons. The molecule has 1 aromatic carbocycles. The summed E-state index contributed by atoms with van der Waals surface area (Å²) in [6.45, 7) is 3.59. The van der Waals surface area contributed by atoms with Crippen molar-refractivity contribution >= 4 is 11.5 Å². The van der Waals surface area contributed by atoms with Crippen LogP contribution < -0.4 is 14.4 Å². The van der Waals surface area contributed by atoms with Crippen LogP contribution in [0.4, 0.5) is 5.69 Å². The molecule has 1 saturated heterocycles. The standard InChI is InChI=1S/C15H21NO3/c1-4-14(17)11-7-8-16(10-11)13-9-12(18-2)5-6-15(13)19-3/h5-6,9,11H,4,7-8,10H2,1-3H3. The van der Waals surface area contributed by atoms with E-state index in [-0.39, 0.29) is 5.92 Å². The lowest BCUT2D eigenvalue weighted by Gasteiger charge is -2.21. The maximum atomic E-state index is 11.8. The normalized spacial score (nSPS) is 18.5. The number of ketones is 1. The highest BCUT2D eigenvalue weighted by Crippen LogP contribution is 2.35. The molecule has 0 spiro atoms. The van der Waals surface area contributed by atoms with Crippen LogP contribution in [-0.2, 0) is 4.79 Å². The molecular formula is C15H21NO3. The summed E-state index contributed by atoms with van der Waals surface area (Å²) < 4.78 is 10.7. The van der Waals surface area contributed by atoms with Crippen LogP contribution in [0.3, 0.4) is 0 Å². The zero-order chi connectivity index (χ0) is 13.8. The number of nitrogens with zero attached hydrogens (tertiary/aromatic N) is 1. The molecule has 1 unspecified atom stereocenters. The number of hydrogen-bond acceptors (Lipinski definition) is 4. The molecule has 4 heteroatoms. The van der Waals surface area contributed by atoms with E-state index >= 15 is 0 Å². The van der Waals surface area contributed by atoms with Gasteiger partial charge in [0.2, 0.25) is 0 Å². The van der Waals surface area contributed by atoms with Gasteiger partial charge in [-0.25, -0.2) is 0 Å². The average Bonchev–Trinajstić information content (AvgIpc) is 2.95. The first kappa shape index (κ1) is 13.7. The lowest BCUT2D eigenvalue weighted by Crippen LogP contribution is -2.23. The quantitative estimate of drug-likeness (QED) is 0.818. The van der Waals surface area contributed by atoms with E-state index in [1.165, 1.54) is 0 Å². The number of benzene rings is 1. The van der Waals surface area contributed by atoms with Gasteiger partial charge >= 0.3 is 0 Å². The Kier molecular flexibility index (Phi) is 4.30. The molecule has 0 amide bonds. The van der Waals surface area contributed by atoms with Crippen LogP contribution in [0, 0.1) is 5.92 Å². The van der Waals surface area contributed by atoms with Crippen molar-refractivity contribution < 1.29 is 14.3 Å². The molecule has 1 aromatic rings. The van der Waals surface area contributed by atoms with Gasteiger partial charge in [-0.15, -0.1) is 0 Å². The summed E-state index contributed by atoms with van der Waals surface area (Å²) in [5.74, 6) is 2.14. The van der Waals surface area contributed by atoms with E-state index in [9.17, 15) is 4.79 Å². The zero-order valence-corrected chi connectivity index (χ0v) is 11.8. The highest BCUT2D eigenvalue weighted by Gasteiger charge is 2.28. The Bertz CT molecular complexity index is 459. The van der Waals surface area contributed by atoms with Crippen molar-refractivity contribution in [3.8, 4) is 11.5 Å². The molecule has 1 fully saturated rings. The third-order valence-electron chi connectivity index (χ3n) is 3.72. The molecule has 1 heterocycles. The second kappa shape index (κ2) is 5.95. The first-order valence-corrected chi connectivity index (χ1v) is 6.69. The van der Waals surface area contributed by atoms with Crippen molar-refractivity contribution in [2.75, 3.05) is 32.2 Å². The summed E-state index contributed by atoms with van der Waals surface area (Å²) in [6, 6.07) is 5.76. The minimum absolute atomic E-state index is 0.154. The minimum Gasteiger partial charge on any atom is -0.497 e. The Morgan fingerprint density at radius 3 is 2.79 bits per heavy atom. The van der Waals surface area contributed by atoms with Gasteiger partial charge in [0, 0.05) is 31.5 Å². The number of Topliss-reactive ketones (excluding diaryl/α,β-unsaturated/α-hetero) is 1. The highest BCUT2D eigenvalue weighted by molar-refractivity contribution is 5.82. The first-order valence-electron chi connectivity index (χ1n) is 6.69. The van der Waals surface area contributed by atoms with Crippen LogP contribution in [0.2, 0.25) is 0 Å². The van der Waals surface area contributed by atoms with E-state index in [0.29, 0.717) is 12.2 Å². The fourth-order valence-corrected chi connectivity index (χ4v) is 2.57. The zero-order valence-electron chi connectivity index (χ0n) is 11.8. The lowest BCUT2D eigenvalue weighted by atomic mass is 10.0. The molecule has 0 aliphatic carbocycles. The molecule has 1 aliphatic heterocycles. The number of hydrogen-bond donors (Lipinski definition) is 0. The summed E-state index contributed by atoms with van der Waals surface area (Å²) in [6.07, 6.45) is 1.54. The van der Waals surface area contributed by atoms with Crippen molar-refractivity contribution in [2.45, 2.75) is 19.8 Å². The van der Waals surface area contributed by atoms with Crippen LogP contribution in [0.1, 0.15) is 19.8 Å². The lowest BCUT2D eigenvalue weighted by molar-refractivity contribution is -0.121. The number of carbonyl (C=O) groups is 1. The van der Waals surface area contributed by atoms with Gasteiger partial charge in [-0.3, -0.25) is 4.79 Å². The number of anilines is 1. The molecule has 2 rings (SSSR count). The van der Waals surface area contributed by atoms with Crippen LogP contribution >= 0.6 is 0 Å². The molecule has 0 aromatic heterocycles. The van der Waals surface area contributed by atoms with Crippen LogP contribution in [0.25, 0.3) is 0 Å². The number of rotatable bonds is 5. The van der Waals surface area contributed by atoms with Gasteiger partial charge in [-0.05, 0) is 18.6 Å². The van der Waals surface area contributed by atoms with E-state index in [1.807, 2.05) is 25.1 Å². The molecule has 4 nitrogen and oxygen atoms in total. The van der Waals surface area contributed by atoms with Gasteiger partial charge in [0.25, 0.3) is 0 Å². The van der Waals surface area contributed by atoms with Gasteiger partial charge in [0.1, 0.15) is 17.3 Å². The number of carbonyl (C=O) groups excluding carboxylic acids is 1. The number of ether oxygens (including phenoxy) is 2. The molecule has 0 bridgehead atoms. The van der Waals surface area contributed by atoms with Gasteiger partial charge in [0.05, 0.1) is 19.9 Å². The third-order valence-corrected chi connectivity index (χ3v) is 3.72. The smallest absolute Gasteiger partial charge is 0.142 e. The predicted molar refractivity (Wildman–Crippen MR) is 75.2 cm³/mol. The second-order valence-corrected chi connectivity index (χ2v) is 4.79. The molecule has 1 atom stereocenters. The largest absolute Gasteiger partial charge is 0.497 e. The molecule has 19 heavy (non-hydrogen) atoms. The Morgan fingerprint density at radius 1 is 1.37 bits per heavy atom. The maximum absolute atomic E-state index is 11.8. The summed E-state index contributed by atoms with van der Waals surface area (Å²) in [4.78, 5) is 14.0. The predicted octanol–water partition coefficient (Wildman–Crippen LogP) is 2.51. The van der Waals surface area contributed by atoms with Gasteiger partial charge in [-0.1, -0.05) is 6.92 Å². The number of methoxy groups -OCH3 is 2. The SMILES string of the molecule is CCC(=O)C1CCN(c2cc(OC)ccc2OC)C1. The maximum Gasteiger partial charge on any atom is 0.142 e. The molecule has 104 valence electrons. The monoisotopic (exact) mass is 263 g/mol. The van der Waals surface area contributed by atoms with Crippen LogP contribution in [0.15, 0.2) is 18.2 Å². The Hall–Kier alpha value is -1.71. The molecular weight excluding hydrogens is 242 g/mol. The van der Waals surface area contributed by atoms with Crippen molar-refractivity contribution in [1.29, 1.82) is 0 Å². The first-order chi connectivity index (χ1) is 9.19. The van der Waals surface area contributed by atoms with E-state index < -0.39 is 0 Å². The van der Waals surface area contributed by atoms with Gasteiger partial charge in [-0.2, -0.15) is 0 Å². The van der Waals surface area contributed by atoms with E-state index in [1.54, 1.807) is 14.2 Å². The summed E-state index contributed by atoms with van der Waals surface area (Å²) in [5.41, 5.74) is 1.01. The Labute approximate surface area is 114 Å². The fraction of sp³-hybridized carbons (Fsp3) is 0.533. The fourth-order valence-electron chi connectivity index (χ4n) is 2.57. The van der Waals surface area contributed by atoms with E-state index in [2.05, 4.69) is 4.90 Å². The van der Waals surface area contributed by atoms with Gasteiger partial charge < -0.3 is 14.4 Å². The van der Waals surface area contributed by atoms with E-state index in [4.69, 9.17) is 9.47 Å². The minimum atomic E-state index is 0.154. The molecule has 0 N–H and O–H groups in total. The van der Waals surface area contributed by atoms with Crippen molar-refractivity contribution in [3.63, 3.8) is 0 Å².